The minimum Gasteiger partial charge on any atom is -0.306 e. The highest BCUT2D eigenvalue weighted by molar-refractivity contribution is 7.21. The lowest BCUT2D eigenvalue weighted by Gasteiger charge is -2.08. The molecule has 3 heterocycles. The van der Waals surface area contributed by atoms with Crippen molar-refractivity contribution < 1.29 is 4.79 Å². The van der Waals surface area contributed by atoms with Crippen molar-refractivity contribution in [3.8, 4) is 5.95 Å². The molecular formula is C19H16ClN5OS. The number of aryl methyl sites for hydroxylation is 3. The molecule has 3 aromatic heterocycles. The Hall–Kier alpha value is -2.77. The first-order valence-electron chi connectivity index (χ1n) is 8.30. The first kappa shape index (κ1) is 17.6. The number of halogens is 1. The van der Waals surface area contributed by atoms with E-state index in [1.165, 1.54) is 16.0 Å². The molecule has 1 amide bonds. The molecule has 0 radical (unpaired) electrons. The van der Waals surface area contributed by atoms with Crippen LogP contribution in [0.3, 0.4) is 0 Å². The van der Waals surface area contributed by atoms with Crippen molar-refractivity contribution >= 4 is 44.7 Å². The molecule has 0 aliphatic heterocycles. The van der Waals surface area contributed by atoms with Gasteiger partial charge in [-0.3, -0.25) is 4.79 Å². The molecule has 0 spiro atoms. The maximum Gasteiger partial charge on any atom is 0.268 e. The van der Waals surface area contributed by atoms with Gasteiger partial charge in [-0.25, -0.2) is 9.97 Å². The second-order valence-corrected chi connectivity index (χ2v) is 7.66. The van der Waals surface area contributed by atoms with Crippen LogP contribution in [-0.2, 0) is 0 Å². The van der Waals surface area contributed by atoms with Gasteiger partial charge in [0.15, 0.2) is 0 Å². The van der Waals surface area contributed by atoms with Crippen molar-refractivity contribution in [2.45, 2.75) is 20.8 Å². The molecule has 8 heteroatoms. The lowest BCUT2D eigenvalue weighted by Crippen LogP contribution is -2.16. The highest BCUT2D eigenvalue weighted by atomic mass is 35.5. The van der Waals surface area contributed by atoms with E-state index >= 15 is 0 Å². The number of benzene rings is 1. The van der Waals surface area contributed by atoms with Gasteiger partial charge in [0.2, 0.25) is 0 Å². The molecule has 0 fully saturated rings. The molecule has 0 atom stereocenters. The summed E-state index contributed by atoms with van der Waals surface area (Å²) in [5.41, 5.74) is 2.40. The summed E-state index contributed by atoms with van der Waals surface area (Å²) < 4.78 is 2.50. The Balaban J connectivity index is 1.72. The number of thiophene rings is 1. The number of nitrogens with one attached hydrogen (secondary N) is 1. The smallest absolute Gasteiger partial charge is 0.268 e. The summed E-state index contributed by atoms with van der Waals surface area (Å²) in [7, 11) is 0. The molecule has 1 aromatic carbocycles. The SMILES string of the molecule is Cc1cc(C)nc(-n2nc(C)cc2NC(=O)c2sc3ccccc3c2Cl)n1. The van der Waals surface area contributed by atoms with Gasteiger partial charge in [-0.2, -0.15) is 9.78 Å². The van der Waals surface area contributed by atoms with Crippen LogP contribution in [-0.4, -0.2) is 25.7 Å². The van der Waals surface area contributed by atoms with Gasteiger partial charge >= 0.3 is 0 Å². The number of aromatic nitrogens is 4. The van der Waals surface area contributed by atoms with E-state index in [0.29, 0.717) is 21.7 Å². The van der Waals surface area contributed by atoms with Crippen LogP contribution in [0.1, 0.15) is 26.8 Å². The van der Waals surface area contributed by atoms with Crippen LogP contribution in [0.2, 0.25) is 5.02 Å². The number of carbonyl (C=O) groups is 1. The molecule has 136 valence electrons. The number of anilines is 1. The van der Waals surface area contributed by atoms with Crippen LogP contribution in [0.4, 0.5) is 5.82 Å². The number of hydrogen-bond acceptors (Lipinski definition) is 5. The van der Waals surface area contributed by atoms with Crippen molar-refractivity contribution in [3.63, 3.8) is 0 Å². The highest BCUT2D eigenvalue weighted by Gasteiger charge is 2.20. The molecule has 4 aromatic rings. The molecule has 0 saturated carbocycles. The minimum atomic E-state index is -0.285. The number of rotatable bonds is 3. The molecule has 0 saturated heterocycles. The summed E-state index contributed by atoms with van der Waals surface area (Å²) in [6.45, 7) is 5.63. The number of amides is 1. The van der Waals surface area contributed by atoms with Gasteiger partial charge in [0.1, 0.15) is 10.7 Å². The predicted molar refractivity (Wildman–Crippen MR) is 108 cm³/mol. The third-order valence-corrected chi connectivity index (χ3v) is 5.65. The maximum atomic E-state index is 12.9. The molecule has 27 heavy (non-hydrogen) atoms. The zero-order chi connectivity index (χ0) is 19.1. The Morgan fingerprint density at radius 1 is 1.07 bits per heavy atom. The summed E-state index contributed by atoms with van der Waals surface area (Å²) in [6, 6.07) is 11.3. The standard InChI is InChI=1S/C19H16ClN5OS/c1-10-8-11(2)22-19(21-10)25-15(9-12(3)24-25)23-18(26)17-16(20)13-6-4-5-7-14(13)27-17/h4-9H,1-3H3,(H,23,26). The zero-order valence-corrected chi connectivity index (χ0v) is 16.5. The highest BCUT2D eigenvalue weighted by Crippen LogP contribution is 2.35. The van der Waals surface area contributed by atoms with Gasteiger partial charge in [-0.15, -0.1) is 11.3 Å². The van der Waals surface area contributed by atoms with E-state index in [-0.39, 0.29) is 5.91 Å². The van der Waals surface area contributed by atoms with Crippen LogP contribution < -0.4 is 5.32 Å². The Bertz CT molecular complexity index is 1160. The summed E-state index contributed by atoms with van der Waals surface area (Å²) >= 11 is 7.78. The van der Waals surface area contributed by atoms with Crippen molar-refractivity contribution in [3.05, 3.63) is 63.4 Å². The Labute approximate surface area is 164 Å². The van der Waals surface area contributed by atoms with Crippen LogP contribution >= 0.6 is 22.9 Å². The summed E-state index contributed by atoms with van der Waals surface area (Å²) in [5.74, 6) is 0.626. The molecular weight excluding hydrogens is 382 g/mol. The molecule has 0 unspecified atom stereocenters. The Kier molecular flexibility index (Phi) is 4.41. The molecule has 6 nitrogen and oxygen atoms in total. The van der Waals surface area contributed by atoms with Crippen molar-refractivity contribution in [1.29, 1.82) is 0 Å². The molecule has 0 aliphatic rings. The van der Waals surface area contributed by atoms with Crippen LogP contribution in [0.25, 0.3) is 16.0 Å². The summed E-state index contributed by atoms with van der Waals surface area (Å²) in [6.07, 6.45) is 0. The Morgan fingerprint density at radius 3 is 2.48 bits per heavy atom. The molecule has 0 aliphatic carbocycles. The van der Waals surface area contributed by atoms with E-state index in [0.717, 1.165) is 27.2 Å². The average molecular weight is 398 g/mol. The normalized spacial score (nSPS) is 11.1. The second kappa shape index (κ2) is 6.75. The van der Waals surface area contributed by atoms with Gasteiger partial charge in [0.05, 0.1) is 10.7 Å². The number of carbonyl (C=O) groups excluding carboxylic acids is 1. The van der Waals surface area contributed by atoms with Crippen molar-refractivity contribution in [2.75, 3.05) is 5.32 Å². The fourth-order valence-electron chi connectivity index (χ4n) is 2.88. The monoisotopic (exact) mass is 397 g/mol. The van der Waals surface area contributed by atoms with Gasteiger partial charge in [-0.1, -0.05) is 29.8 Å². The van der Waals surface area contributed by atoms with E-state index in [1.54, 1.807) is 6.07 Å². The average Bonchev–Trinajstić information content (AvgIpc) is 3.14. The van der Waals surface area contributed by atoms with Crippen molar-refractivity contribution in [1.82, 2.24) is 19.7 Å². The van der Waals surface area contributed by atoms with Gasteiger partial charge in [0.25, 0.3) is 11.9 Å². The van der Waals surface area contributed by atoms with Gasteiger partial charge < -0.3 is 5.32 Å². The van der Waals surface area contributed by atoms with Gasteiger partial charge in [-0.05, 0) is 32.9 Å². The first-order valence-corrected chi connectivity index (χ1v) is 9.49. The van der Waals surface area contributed by atoms with Crippen LogP contribution in [0.5, 0.6) is 0 Å². The lowest BCUT2D eigenvalue weighted by atomic mass is 10.2. The van der Waals surface area contributed by atoms with E-state index in [4.69, 9.17) is 11.6 Å². The quantitative estimate of drug-likeness (QED) is 0.543. The summed E-state index contributed by atoms with van der Waals surface area (Å²) in [5, 5.41) is 8.65. The largest absolute Gasteiger partial charge is 0.306 e. The third kappa shape index (κ3) is 3.31. The lowest BCUT2D eigenvalue weighted by molar-refractivity contribution is 0.103. The zero-order valence-electron chi connectivity index (χ0n) is 14.9. The van der Waals surface area contributed by atoms with E-state index in [1.807, 2.05) is 51.1 Å². The topological polar surface area (TPSA) is 72.7 Å². The first-order chi connectivity index (χ1) is 12.9. The van der Waals surface area contributed by atoms with Gasteiger partial charge in [0, 0.05) is 27.5 Å². The van der Waals surface area contributed by atoms with Crippen LogP contribution in [0.15, 0.2) is 36.4 Å². The van der Waals surface area contributed by atoms with Crippen LogP contribution in [0, 0.1) is 20.8 Å². The van der Waals surface area contributed by atoms with E-state index < -0.39 is 0 Å². The number of hydrogen-bond donors (Lipinski definition) is 1. The fraction of sp³-hybridized carbons (Fsp3) is 0.158. The minimum absolute atomic E-state index is 0.285. The second-order valence-electron chi connectivity index (χ2n) is 6.23. The fourth-order valence-corrected chi connectivity index (χ4v) is 4.29. The third-order valence-electron chi connectivity index (χ3n) is 3.97. The Morgan fingerprint density at radius 2 is 1.78 bits per heavy atom. The molecule has 0 bridgehead atoms. The number of nitrogens with zero attached hydrogens (tertiary/aromatic N) is 4. The molecule has 4 rings (SSSR count). The van der Waals surface area contributed by atoms with E-state index in [9.17, 15) is 4.79 Å². The van der Waals surface area contributed by atoms with Crippen molar-refractivity contribution in [2.24, 2.45) is 0 Å². The summed E-state index contributed by atoms with van der Waals surface area (Å²) in [4.78, 5) is 22.2. The van der Waals surface area contributed by atoms with E-state index in [2.05, 4.69) is 20.4 Å². The maximum absolute atomic E-state index is 12.9. The number of fused-ring (bicyclic) bond motifs is 1. The predicted octanol–water partition coefficient (Wildman–Crippen LogP) is 4.71. The molecule has 1 N–H and O–H groups in total.